The molecule has 116 valence electrons. The van der Waals surface area contributed by atoms with E-state index in [4.69, 9.17) is 21.1 Å². The number of nitrogens with zero attached hydrogens (tertiary/aromatic N) is 2. The summed E-state index contributed by atoms with van der Waals surface area (Å²) < 4.78 is 13.3. The fourth-order valence-corrected chi connectivity index (χ4v) is 2.86. The topological polar surface area (TPSA) is 40.2 Å². The van der Waals surface area contributed by atoms with E-state index in [1.54, 1.807) is 14.2 Å². The smallest absolute Gasteiger partial charge is 0.138 e. The number of hydrogen-bond donors (Lipinski definition) is 1. The number of methoxy groups -OCH3 is 2. The van der Waals surface area contributed by atoms with Crippen LogP contribution in [0.5, 0.6) is 0 Å². The van der Waals surface area contributed by atoms with Gasteiger partial charge in [0.25, 0.3) is 0 Å². The third-order valence-electron chi connectivity index (χ3n) is 3.33. The zero-order chi connectivity index (χ0) is 15.2. The van der Waals surface area contributed by atoms with Gasteiger partial charge < -0.3 is 14.4 Å². The lowest BCUT2D eigenvalue weighted by Gasteiger charge is -2.17. The molecule has 5 nitrogen and oxygen atoms in total. The van der Waals surface area contributed by atoms with Gasteiger partial charge in [0, 0.05) is 20.4 Å². The number of aromatic nitrogens is 2. The molecular formula is C14H20BrClN3O2+. The van der Waals surface area contributed by atoms with Crippen molar-refractivity contribution in [3.63, 3.8) is 0 Å². The van der Waals surface area contributed by atoms with Crippen molar-refractivity contribution in [1.29, 1.82) is 0 Å². The molecule has 0 bridgehead atoms. The summed E-state index contributed by atoms with van der Waals surface area (Å²) in [6.07, 6.45) is 1.86. The van der Waals surface area contributed by atoms with E-state index >= 15 is 0 Å². The number of ether oxygens (including phenoxy) is 2. The highest BCUT2D eigenvalue weighted by atomic mass is 79.9. The number of imidazole rings is 1. The lowest BCUT2D eigenvalue weighted by molar-refractivity contribution is -0.914. The van der Waals surface area contributed by atoms with E-state index in [0.29, 0.717) is 5.02 Å². The van der Waals surface area contributed by atoms with Crippen LogP contribution in [0.25, 0.3) is 5.65 Å². The van der Waals surface area contributed by atoms with Crippen LogP contribution in [0.4, 0.5) is 0 Å². The van der Waals surface area contributed by atoms with Crippen LogP contribution in [0.2, 0.25) is 5.02 Å². The maximum Gasteiger partial charge on any atom is 0.138 e. The summed E-state index contributed by atoms with van der Waals surface area (Å²) in [4.78, 5) is 6.03. The zero-order valence-corrected chi connectivity index (χ0v) is 14.6. The van der Waals surface area contributed by atoms with Crippen molar-refractivity contribution < 1.29 is 14.4 Å². The number of hydrogen-bond acceptors (Lipinski definition) is 3. The predicted molar refractivity (Wildman–Crippen MR) is 86.1 cm³/mol. The van der Waals surface area contributed by atoms with E-state index in [-0.39, 0.29) is 0 Å². The molecule has 1 N–H and O–H groups in total. The van der Waals surface area contributed by atoms with Gasteiger partial charge >= 0.3 is 0 Å². The molecule has 0 atom stereocenters. The molecule has 0 unspecified atom stereocenters. The molecule has 0 aromatic carbocycles. The Labute approximate surface area is 137 Å². The van der Waals surface area contributed by atoms with E-state index in [2.05, 4.69) is 20.9 Å². The summed E-state index contributed by atoms with van der Waals surface area (Å²) in [5.41, 5.74) is 1.90. The fraction of sp³-hybridized carbons (Fsp3) is 0.500. The Morgan fingerprint density at radius 3 is 2.52 bits per heavy atom. The van der Waals surface area contributed by atoms with Gasteiger partial charge in [-0.05, 0) is 28.1 Å². The first kappa shape index (κ1) is 16.7. The molecule has 2 heterocycles. The minimum absolute atomic E-state index is 0.690. The predicted octanol–water partition coefficient (Wildman–Crippen LogP) is 1.43. The summed E-state index contributed by atoms with van der Waals surface area (Å²) in [7, 11) is 3.44. The van der Waals surface area contributed by atoms with Crippen LogP contribution in [0, 0.1) is 0 Å². The van der Waals surface area contributed by atoms with Gasteiger partial charge in [0.05, 0.1) is 18.2 Å². The van der Waals surface area contributed by atoms with Crippen molar-refractivity contribution in [2.45, 2.75) is 6.54 Å². The highest BCUT2D eigenvalue weighted by molar-refractivity contribution is 9.10. The molecule has 2 rings (SSSR count). The Balaban J connectivity index is 2.17. The normalized spacial score (nSPS) is 11.7. The lowest BCUT2D eigenvalue weighted by atomic mass is 10.4. The van der Waals surface area contributed by atoms with Gasteiger partial charge in [-0.25, -0.2) is 4.98 Å². The van der Waals surface area contributed by atoms with Gasteiger partial charge in [-0.2, -0.15) is 0 Å². The van der Waals surface area contributed by atoms with Crippen molar-refractivity contribution in [2.24, 2.45) is 0 Å². The number of quaternary nitrogens is 1. The summed E-state index contributed by atoms with van der Waals surface area (Å²) in [5.74, 6) is 0. The summed E-state index contributed by atoms with van der Waals surface area (Å²) in [6.45, 7) is 4.08. The molecular weight excluding hydrogens is 358 g/mol. The van der Waals surface area contributed by atoms with Crippen LogP contribution in [0.3, 0.4) is 0 Å². The van der Waals surface area contributed by atoms with Gasteiger partial charge in [0.15, 0.2) is 0 Å². The van der Waals surface area contributed by atoms with Crippen molar-refractivity contribution >= 4 is 33.2 Å². The third-order valence-corrected chi connectivity index (χ3v) is 4.39. The van der Waals surface area contributed by atoms with Crippen molar-refractivity contribution in [3.05, 3.63) is 33.6 Å². The average molecular weight is 378 g/mol. The molecule has 0 saturated carbocycles. The minimum Gasteiger partial charge on any atom is -0.379 e. The van der Waals surface area contributed by atoms with Crippen molar-refractivity contribution in [2.75, 3.05) is 40.5 Å². The molecule has 0 aliphatic carbocycles. The number of pyridine rings is 1. The second-order valence-corrected chi connectivity index (χ2v) is 6.02. The zero-order valence-electron chi connectivity index (χ0n) is 12.2. The molecule has 21 heavy (non-hydrogen) atoms. The van der Waals surface area contributed by atoms with Crippen LogP contribution in [0.15, 0.2) is 22.9 Å². The molecule has 2 aromatic rings. The average Bonchev–Trinajstić information content (AvgIpc) is 2.78. The molecule has 0 radical (unpaired) electrons. The number of nitrogens with one attached hydrogen (secondary N) is 1. The maximum atomic E-state index is 6.03. The molecule has 2 aromatic heterocycles. The molecule has 0 aliphatic heterocycles. The Kier molecular flexibility index (Phi) is 6.44. The summed E-state index contributed by atoms with van der Waals surface area (Å²) in [6, 6.07) is 3.77. The molecule has 0 aliphatic rings. The Hall–Kier alpha value is -0.660. The van der Waals surface area contributed by atoms with Gasteiger partial charge in [0.2, 0.25) is 0 Å². The van der Waals surface area contributed by atoms with Crippen LogP contribution in [-0.2, 0) is 16.0 Å². The highest BCUT2D eigenvalue weighted by Crippen LogP contribution is 2.20. The maximum absolute atomic E-state index is 6.03. The van der Waals surface area contributed by atoms with Crippen LogP contribution >= 0.6 is 27.5 Å². The first-order chi connectivity index (χ1) is 10.2. The Bertz CT molecular complexity index is 583. The number of halogens is 2. The van der Waals surface area contributed by atoms with Crippen LogP contribution in [-0.4, -0.2) is 49.9 Å². The molecule has 0 fully saturated rings. The minimum atomic E-state index is 0.690. The van der Waals surface area contributed by atoms with Gasteiger partial charge in [0.1, 0.15) is 35.6 Å². The standard InChI is InChI=1S/C14H19BrClN3O2/c1-20-7-5-18(6-8-21-2)10-12-14(15)19-9-11(16)3-4-13(19)17-12/h3-4,9H,5-8,10H2,1-2H3/p+1. The quantitative estimate of drug-likeness (QED) is 0.756. The van der Waals surface area contributed by atoms with E-state index in [0.717, 1.165) is 48.8 Å². The van der Waals surface area contributed by atoms with E-state index < -0.39 is 0 Å². The number of rotatable bonds is 8. The van der Waals surface area contributed by atoms with Crippen molar-refractivity contribution in [1.82, 2.24) is 9.38 Å². The van der Waals surface area contributed by atoms with Crippen LogP contribution in [0.1, 0.15) is 5.69 Å². The Morgan fingerprint density at radius 1 is 1.24 bits per heavy atom. The third kappa shape index (κ3) is 4.40. The summed E-state index contributed by atoms with van der Waals surface area (Å²) >= 11 is 9.65. The fourth-order valence-electron chi connectivity index (χ4n) is 2.18. The van der Waals surface area contributed by atoms with Gasteiger partial charge in [-0.3, -0.25) is 4.40 Å². The van der Waals surface area contributed by atoms with Crippen LogP contribution < -0.4 is 4.90 Å². The van der Waals surface area contributed by atoms with Gasteiger partial charge in [-0.15, -0.1) is 0 Å². The highest BCUT2D eigenvalue weighted by Gasteiger charge is 2.16. The van der Waals surface area contributed by atoms with Gasteiger partial charge in [-0.1, -0.05) is 11.6 Å². The monoisotopic (exact) mass is 376 g/mol. The first-order valence-corrected chi connectivity index (χ1v) is 7.96. The van der Waals surface area contributed by atoms with E-state index in [9.17, 15) is 0 Å². The Morgan fingerprint density at radius 2 is 1.90 bits per heavy atom. The molecule has 0 amide bonds. The first-order valence-electron chi connectivity index (χ1n) is 6.79. The lowest BCUT2D eigenvalue weighted by Crippen LogP contribution is -3.11. The SMILES string of the molecule is COCC[NH+](CCOC)Cc1nc2ccc(Cl)cn2c1Br. The molecule has 0 saturated heterocycles. The molecule has 0 spiro atoms. The molecule has 7 heteroatoms. The number of fused-ring (bicyclic) bond motifs is 1. The largest absolute Gasteiger partial charge is 0.379 e. The second-order valence-electron chi connectivity index (χ2n) is 4.84. The summed E-state index contributed by atoms with van der Waals surface area (Å²) in [5, 5.41) is 0.690. The van der Waals surface area contributed by atoms with E-state index in [1.807, 2.05) is 22.7 Å². The van der Waals surface area contributed by atoms with E-state index in [1.165, 1.54) is 4.90 Å². The second kappa shape index (κ2) is 8.10. The van der Waals surface area contributed by atoms with Crippen molar-refractivity contribution in [3.8, 4) is 0 Å².